The maximum atomic E-state index is 14.0. The molecule has 2 aliphatic rings. The van der Waals surface area contributed by atoms with E-state index in [9.17, 15) is 23.2 Å². The van der Waals surface area contributed by atoms with E-state index in [0.717, 1.165) is 25.0 Å². The van der Waals surface area contributed by atoms with E-state index in [-0.39, 0.29) is 42.8 Å². The number of carbonyl (C=O) groups excluding carboxylic acids is 2. The summed E-state index contributed by atoms with van der Waals surface area (Å²) in [5.41, 5.74) is -0.0188. The summed E-state index contributed by atoms with van der Waals surface area (Å²) in [5.74, 6) is -3.36. The molecule has 2 fully saturated rings. The average molecular weight is 380 g/mol. The lowest BCUT2D eigenvalue weighted by Gasteiger charge is -2.34. The van der Waals surface area contributed by atoms with E-state index in [4.69, 9.17) is 5.11 Å². The number of likely N-dealkylation sites (tertiary alicyclic amines) is 1. The summed E-state index contributed by atoms with van der Waals surface area (Å²) < 4.78 is 27.1. The van der Waals surface area contributed by atoms with Crippen LogP contribution in [0.25, 0.3) is 0 Å². The fraction of sp³-hybridized carbons (Fsp3) is 0.526. The van der Waals surface area contributed by atoms with Crippen molar-refractivity contribution >= 4 is 23.5 Å². The number of halogens is 2. The highest BCUT2D eigenvalue weighted by atomic mass is 19.1. The first-order chi connectivity index (χ1) is 12.8. The number of piperidine rings is 1. The van der Waals surface area contributed by atoms with Crippen molar-refractivity contribution in [1.29, 1.82) is 0 Å². The summed E-state index contributed by atoms with van der Waals surface area (Å²) >= 11 is 0. The molecule has 0 aromatic heterocycles. The number of nitrogens with zero attached hydrogens (tertiary/aromatic N) is 2. The van der Waals surface area contributed by atoms with Gasteiger partial charge in [0.1, 0.15) is 11.6 Å². The Morgan fingerprint density at radius 3 is 2.70 bits per heavy atom. The Balaban J connectivity index is 1.64. The summed E-state index contributed by atoms with van der Waals surface area (Å²) in [4.78, 5) is 38.7. The molecular formula is C19H22F2N2O4. The van der Waals surface area contributed by atoms with Crippen LogP contribution < -0.4 is 4.90 Å². The third-order valence-corrected chi connectivity index (χ3v) is 5.27. The number of aliphatic carboxylic acids is 1. The first kappa shape index (κ1) is 19.3. The van der Waals surface area contributed by atoms with E-state index in [2.05, 4.69) is 0 Å². The zero-order chi connectivity index (χ0) is 19.6. The predicted molar refractivity (Wildman–Crippen MR) is 93.0 cm³/mol. The summed E-state index contributed by atoms with van der Waals surface area (Å²) in [7, 11) is 0. The van der Waals surface area contributed by atoms with Gasteiger partial charge in [-0.1, -0.05) is 0 Å². The van der Waals surface area contributed by atoms with Crippen molar-refractivity contribution in [3.63, 3.8) is 0 Å². The molecule has 0 unspecified atom stereocenters. The second-order valence-electron chi connectivity index (χ2n) is 7.23. The van der Waals surface area contributed by atoms with Gasteiger partial charge in [0.2, 0.25) is 11.8 Å². The molecule has 3 rings (SSSR count). The Morgan fingerprint density at radius 2 is 2.00 bits per heavy atom. The Morgan fingerprint density at radius 1 is 1.22 bits per heavy atom. The number of benzene rings is 1. The van der Waals surface area contributed by atoms with Crippen LogP contribution in [-0.2, 0) is 14.4 Å². The van der Waals surface area contributed by atoms with Gasteiger partial charge in [-0.2, -0.15) is 0 Å². The first-order valence-electron chi connectivity index (χ1n) is 9.11. The molecule has 0 bridgehead atoms. The fourth-order valence-electron chi connectivity index (χ4n) is 3.89. The van der Waals surface area contributed by atoms with Crippen LogP contribution in [0.3, 0.4) is 0 Å². The molecule has 146 valence electrons. The van der Waals surface area contributed by atoms with Crippen molar-refractivity contribution in [1.82, 2.24) is 4.90 Å². The second kappa shape index (κ2) is 8.02. The molecule has 8 heteroatoms. The highest BCUT2D eigenvalue weighted by molar-refractivity contribution is 6.00. The van der Waals surface area contributed by atoms with Crippen LogP contribution in [0.4, 0.5) is 14.5 Å². The Kier molecular flexibility index (Phi) is 5.72. The third kappa shape index (κ3) is 4.43. The predicted octanol–water partition coefficient (Wildman–Crippen LogP) is 2.42. The Bertz CT molecular complexity index is 755. The van der Waals surface area contributed by atoms with Crippen molar-refractivity contribution in [2.45, 2.75) is 32.1 Å². The van der Waals surface area contributed by atoms with Gasteiger partial charge in [0, 0.05) is 38.5 Å². The van der Waals surface area contributed by atoms with Crippen LogP contribution in [0.15, 0.2) is 18.2 Å². The summed E-state index contributed by atoms with van der Waals surface area (Å²) in [6.45, 7) is 1.14. The lowest BCUT2D eigenvalue weighted by Crippen LogP contribution is -2.43. The molecule has 0 aliphatic carbocycles. The molecule has 2 aliphatic heterocycles. The standard InChI is InChI=1S/C19H22F2N2O4/c20-14-4-5-16(15(21)9-14)23-11-13(8-17(23)24)19(27)22-7-1-2-12(10-22)3-6-18(25)26/h4-5,9,12-13H,1-3,6-8,10-11H2,(H,25,26)/t12-,13-/m0/s1. The summed E-state index contributed by atoms with van der Waals surface area (Å²) in [5, 5.41) is 8.82. The zero-order valence-electron chi connectivity index (χ0n) is 14.9. The van der Waals surface area contributed by atoms with Crippen LogP contribution in [-0.4, -0.2) is 47.4 Å². The Hall–Kier alpha value is -2.51. The topological polar surface area (TPSA) is 77.9 Å². The fourth-order valence-corrected chi connectivity index (χ4v) is 3.89. The van der Waals surface area contributed by atoms with Crippen LogP contribution >= 0.6 is 0 Å². The number of carboxylic acids is 1. The summed E-state index contributed by atoms with van der Waals surface area (Å²) in [6, 6.07) is 3.01. The summed E-state index contributed by atoms with van der Waals surface area (Å²) in [6.07, 6.45) is 2.27. The average Bonchev–Trinajstić information content (AvgIpc) is 3.01. The minimum Gasteiger partial charge on any atom is -0.481 e. The number of hydrogen-bond acceptors (Lipinski definition) is 3. The van der Waals surface area contributed by atoms with Crippen LogP contribution in [0.2, 0.25) is 0 Å². The van der Waals surface area contributed by atoms with Crippen LogP contribution in [0.1, 0.15) is 32.1 Å². The maximum absolute atomic E-state index is 14.0. The monoisotopic (exact) mass is 380 g/mol. The van der Waals surface area contributed by atoms with Crippen LogP contribution in [0, 0.1) is 23.5 Å². The third-order valence-electron chi connectivity index (χ3n) is 5.27. The van der Waals surface area contributed by atoms with Gasteiger partial charge in [-0.15, -0.1) is 0 Å². The molecule has 1 N–H and O–H groups in total. The van der Waals surface area contributed by atoms with Gasteiger partial charge >= 0.3 is 5.97 Å². The van der Waals surface area contributed by atoms with Gasteiger partial charge in [-0.25, -0.2) is 8.78 Å². The first-order valence-corrected chi connectivity index (χ1v) is 9.11. The molecule has 0 saturated carbocycles. The minimum absolute atomic E-state index is 0.00799. The number of amides is 2. The molecule has 1 aromatic carbocycles. The zero-order valence-corrected chi connectivity index (χ0v) is 14.9. The van der Waals surface area contributed by atoms with Gasteiger partial charge in [-0.05, 0) is 37.3 Å². The normalized spacial score (nSPS) is 23.0. The van der Waals surface area contributed by atoms with E-state index < -0.39 is 23.5 Å². The van der Waals surface area contributed by atoms with E-state index >= 15 is 0 Å². The lowest BCUT2D eigenvalue weighted by atomic mass is 9.92. The minimum atomic E-state index is -0.850. The molecule has 0 spiro atoms. The highest BCUT2D eigenvalue weighted by Gasteiger charge is 2.39. The number of carbonyl (C=O) groups is 3. The quantitative estimate of drug-likeness (QED) is 0.851. The number of carboxylic acid groups (broad SMARTS) is 1. The SMILES string of the molecule is O=C(O)CC[C@@H]1CCCN(C(=O)[C@H]2CC(=O)N(c3ccc(F)cc3F)C2)C1. The van der Waals surface area contributed by atoms with Gasteiger partial charge in [0.05, 0.1) is 11.6 Å². The molecule has 27 heavy (non-hydrogen) atoms. The molecule has 2 atom stereocenters. The largest absolute Gasteiger partial charge is 0.481 e. The van der Waals surface area contributed by atoms with E-state index in [1.807, 2.05) is 0 Å². The molecular weight excluding hydrogens is 358 g/mol. The van der Waals surface area contributed by atoms with E-state index in [1.165, 1.54) is 11.0 Å². The molecule has 2 amide bonds. The molecule has 0 radical (unpaired) electrons. The van der Waals surface area contributed by atoms with Gasteiger partial charge in [0.15, 0.2) is 0 Å². The van der Waals surface area contributed by atoms with Gasteiger partial charge in [-0.3, -0.25) is 14.4 Å². The van der Waals surface area contributed by atoms with Crippen molar-refractivity contribution in [3.8, 4) is 0 Å². The molecule has 6 nitrogen and oxygen atoms in total. The van der Waals surface area contributed by atoms with Gasteiger partial charge in [0.25, 0.3) is 0 Å². The highest BCUT2D eigenvalue weighted by Crippen LogP contribution is 2.30. The van der Waals surface area contributed by atoms with Gasteiger partial charge < -0.3 is 14.9 Å². The van der Waals surface area contributed by atoms with E-state index in [0.29, 0.717) is 19.5 Å². The van der Waals surface area contributed by atoms with Crippen molar-refractivity contribution in [2.24, 2.45) is 11.8 Å². The van der Waals surface area contributed by atoms with Crippen LogP contribution in [0.5, 0.6) is 0 Å². The molecule has 2 heterocycles. The Labute approximate surface area is 155 Å². The number of hydrogen-bond donors (Lipinski definition) is 1. The van der Waals surface area contributed by atoms with E-state index in [1.54, 1.807) is 4.90 Å². The molecule has 1 aromatic rings. The number of rotatable bonds is 5. The number of anilines is 1. The maximum Gasteiger partial charge on any atom is 0.303 e. The molecule has 2 saturated heterocycles. The second-order valence-corrected chi connectivity index (χ2v) is 7.23. The van der Waals surface area contributed by atoms with Crippen molar-refractivity contribution in [2.75, 3.05) is 24.5 Å². The lowest BCUT2D eigenvalue weighted by molar-refractivity contribution is -0.138. The smallest absolute Gasteiger partial charge is 0.303 e. The van der Waals surface area contributed by atoms with Crippen molar-refractivity contribution < 1.29 is 28.3 Å². The van der Waals surface area contributed by atoms with Crippen molar-refractivity contribution in [3.05, 3.63) is 29.8 Å².